The number of benzene rings is 8. The van der Waals surface area contributed by atoms with Crippen LogP contribution in [0.1, 0.15) is 225 Å². The molecule has 0 atom stereocenters. The highest BCUT2D eigenvalue weighted by molar-refractivity contribution is 5.85. The summed E-state index contributed by atoms with van der Waals surface area (Å²) in [6.45, 7) is 22.4. The maximum absolute atomic E-state index is 7.22. The molecule has 0 amide bonds. The lowest BCUT2D eigenvalue weighted by atomic mass is 9.90. The van der Waals surface area contributed by atoms with Gasteiger partial charge in [0.25, 0.3) is 0 Å². The first kappa shape index (κ1) is 75.1. The van der Waals surface area contributed by atoms with E-state index in [0.29, 0.717) is 78.5 Å². The molecule has 0 spiro atoms. The minimum Gasteiger partial charge on any atom is -0.494 e. The van der Waals surface area contributed by atoms with Crippen LogP contribution in [0.5, 0.6) is 46.0 Å². The Morgan fingerprint density at radius 1 is 0.230 bits per heavy atom. The summed E-state index contributed by atoms with van der Waals surface area (Å²) < 4.78 is 53.2. The third-order valence-electron chi connectivity index (χ3n) is 17.4. The highest BCUT2D eigenvalue weighted by atomic mass is 16.5. The van der Waals surface area contributed by atoms with Crippen LogP contribution in [0.25, 0.3) is 0 Å². The molecule has 12 heteroatoms. The molecular weight excluding hydrogens is 1240 g/mol. The van der Waals surface area contributed by atoms with Gasteiger partial charge in [-0.25, -0.2) is 0 Å². The van der Waals surface area contributed by atoms with E-state index in [0.717, 1.165) is 238 Å². The van der Waals surface area contributed by atoms with Gasteiger partial charge in [0.15, 0.2) is 0 Å². The summed E-state index contributed by atoms with van der Waals surface area (Å²) in [4.78, 5) is 21.3. The zero-order valence-electron chi connectivity index (χ0n) is 61.0. The Morgan fingerprint density at radius 3 is 0.550 bits per heavy atom. The normalized spacial score (nSPS) is 12.2. The summed E-state index contributed by atoms with van der Waals surface area (Å²) in [6, 6.07) is 50.4. The summed E-state index contributed by atoms with van der Waals surface area (Å²) >= 11 is 0. The van der Waals surface area contributed by atoms with E-state index < -0.39 is 0 Å². The second kappa shape index (κ2) is 41.4. The van der Waals surface area contributed by atoms with Crippen molar-refractivity contribution in [2.24, 2.45) is 20.0 Å². The van der Waals surface area contributed by atoms with Crippen molar-refractivity contribution in [1.82, 2.24) is 0 Å². The Bertz CT molecular complexity index is 3290. The number of unbranched alkanes of at least 4 members (excludes halogenated alkanes) is 8. The Hall–Kier alpha value is -9.16. The maximum atomic E-state index is 7.22. The fourth-order valence-corrected chi connectivity index (χ4v) is 11.7. The molecule has 8 aromatic rings. The summed E-state index contributed by atoms with van der Waals surface area (Å²) in [5, 5.41) is 0. The molecule has 1 aliphatic rings. The van der Waals surface area contributed by atoms with E-state index in [1.807, 2.05) is 73.4 Å². The summed E-state index contributed by atoms with van der Waals surface area (Å²) in [5.41, 5.74) is 14.8. The topological polar surface area (TPSA) is 123 Å². The standard InChI is InChI=1S/C88H108N4O8/c1-9-17-41-93-81-33-25-65(26-34-81)61-89-77-53-69-49-71-55-78(90-62-66-27-35-82(36-28-66)94-42-18-10-2)57-73(86(71)98-46-22-14-6)51-75-59-80(92-64-68-31-39-84(40-32-68)96-44-20-12-4)60-76(88(75)100-48-24-16-8)52-74-58-79(91-63-67-29-37-83(38-30-67)95-43-19-11-3)56-72(87(74)99-47-23-15-7)50-70(54-77)85(69)97-45-21-13-5/h25-40,53-64H,9-24,41-52H2,1-8H3. The van der Waals surface area contributed by atoms with Gasteiger partial charge in [0.1, 0.15) is 46.0 Å². The first-order chi connectivity index (χ1) is 49.2. The van der Waals surface area contributed by atoms with Crippen LogP contribution in [0, 0.1) is 0 Å². The molecule has 0 saturated heterocycles. The number of rotatable bonds is 40. The first-order valence-electron chi connectivity index (χ1n) is 37.4. The molecular formula is C88H108N4O8. The fraction of sp³-hybridized carbons (Fsp3) is 0.409. The first-order valence-corrected chi connectivity index (χ1v) is 37.4. The third kappa shape index (κ3) is 23.5. The van der Waals surface area contributed by atoms with Crippen molar-refractivity contribution in [3.63, 3.8) is 0 Å². The molecule has 0 saturated carbocycles. The maximum Gasteiger partial charge on any atom is 0.126 e. The van der Waals surface area contributed by atoms with Crippen molar-refractivity contribution >= 4 is 47.6 Å². The van der Waals surface area contributed by atoms with Crippen molar-refractivity contribution < 1.29 is 37.9 Å². The van der Waals surface area contributed by atoms with Crippen LogP contribution >= 0.6 is 0 Å². The highest BCUT2D eigenvalue weighted by Crippen LogP contribution is 2.44. The molecule has 0 unspecified atom stereocenters. The minimum absolute atomic E-state index is 0.443. The Balaban J connectivity index is 1.31. The van der Waals surface area contributed by atoms with E-state index in [2.05, 4.69) is 152 Å². The van der Waals surface area contributed by atoms with Crippen molar-refractivity contribution in [3.05, 3.63) is 212 Å². The lowest BCUT2D eigenvalue weighted by Crippen LogP contribution is -2.10. The number of nitrogens with zero attached hydrogens (tertiary/aromatic N) is 4. The molecule has 0 N–H and O–H groups in total. The van der Waals surface area contributed by atoms with Gasteiger partial charge in [-0.3, -0.25) is 20.0 Å². The predicted molar refractivity (Wildman–Crippen MR) is 415 cm³/mol. The van der Waals surface area contributed by atoms with Crippen molar-refractivity contribution in [2.45, 2.75) is 184 Å². The van der Waals surface area contributed by atoms with Crippen LogP contribution in [-0.4, -0.2) is 77.7 Å². The van der Waals surface area contributed by atoms with Crippen LogP contribution in [0.2, 0.25) is 0 Å². The van der Waals surface area contributed by atoms with Gasteiger partial charge in [-0.05, 0) is 219 Å². The lowest BCUT2D eigenvalue weighted by molar-refractivity contribution is 0.297. The highest BCUT2D eigenvalue weighted by Gasteiger charge is 2.25. The number of fused-ring (bicyclic) bond motifs is 8. The molecule has 0 heterocycles. The molecule has 12 nitrogen and oxygen atoms in total. The predicted octanol–water partition coefficient (Wildman–Crippen LogP) is 22.8. The smallest absolute Gasteiger partial charge is 0.126 e. The molecule has 0 aliphatic heterocycles. The largest absolute Gasteiger partial charge is 0.494 e. The fourth-order valence-electron chi connectivity index (χ4n) is 11.7. The van der Waals surface area contributed by atoms with Crippen LogP contribution < -0.4 is 37.9 Å². The van der Waals surface area contributed by atoms with Crippen molar-refractivity contribution in [2.75, 3.05) is 52.9 Å². The zero-order valence-corrected chi connectivity index (χ0v) is 61.0. The number of hydrogen-bond donors (Lipinski definition) is 0. The molecule has 100 heavy (non-hydrogen) atoms. The number of ether oxygens (including phenoxy) is 8. The Labute approximate surface area is 597 Å². The average Bonchev–Trinajstić information content (AvgIpc) is 0.779. The number of aliphatic imine (C=N–C) groups is 4. The van der Waals surface area contributed by atoms with Gasteiger partial charge in [0.2, 0.25) is 0 Å². The van der Waals surface area contributed by atoms with Crippen LogP contribution in [0.4, 0.5) is 22.7 Å². The van der Waals surface area contributed by atoms with E-state index in [4.69, 9.17) is 57.9 Å². The van der Waals surface area contributed by atoms with Gasteiger partial charge in [-0.2, -0.15) is 0 Å². The molecule has 0 fully saturated rings. The van der Waals surface area contributed by atoms with Gasteiger partial charge in [-0.1, -0.05) is 107 Å². The second-order valence-corrected chi connectivity index (χ2v) is 26.0. The third-order valence-corrected chi connectivity index (χ3v) is 17.4. The second-order valence-electron chi connectivity index (χ2n) is 26.0. The Kier molecular flexibility index (Phi) is 31.1. The van der Waals surface area contributed by atoms with E-state index in [1.165, 1.54) is 0 Å². The van der Waals surface area contributed by atoms with Gasteiger partial charge in [0.05, 0.1) is 75.6 Å². The SMILES string of the molecule is CCCCOc1ccc(C=Nc2cc3c(OCCCC)c(c2)Cc2cc(N=Cc4ccc(OCCCC)cc4)cc(c2OCCCC)Cc2cc(N=Cc4ccc(OCCCC)cc4)cc(c2OCCCC)Cc2cc(N=Cc4ccc(OCCCC)cc4)cc(c2OCCCC)C3)cc1. The summed E-state index contributed by atoms with van der Waals surface area (Å²) in [6.07, 6.45) is 25.2. The average molecular weight is 1350 g/mol. The zero-order chi connectivity index (χ0) is 69.9. The van der Waals surface area contributed by atoms with E-state index in [9.17, 15) is 0 Å². The summed E-state index contributed by atoms with van der Waals surface area (Å²) in [7, 11) is 0. The molecule has 8 bridgehead atoms. The van der Waals surface area contributed by atoms with Gasteiger partial charge < -0.3 is 37.9 Å². The Morgan fingerprint density at radius 2 is 0.390 bits per heavy atom. The molecule has 0 radical (unpaired) electrons. The molecule has 8 aromatic carbocycles. The van der Waals surface area contributed by atoms with Crippen molar-refractivity contribution in [1.29, 1.82) is 0 Å². The minimum atomic E-state index is 0.443. The number of hydrogen-bond acceptors (Lipinski definition) is 12. The molecule has 1 aliphatic carbocycles. The summed E-state index contributed by atoms with van der Waals surface area (Å²) in [5.74, 6) is 6.65. The van der Waals surface area contributed by atoms with Crippen LogP contribution in [0.15, 0.2) is 166 Å². The van der Waals surface area contributed by atoms with Gasteiger partial charge in [-0.15, -0.1) is 0 Å². The van der Waals surface area contributed by atoms with Crippen LogP contribution in [-0.2, 0) is 25.7 Å². The quantitative estimate of drug-likeness (QED) is 0.0275. The van der Waals surface area contributed by atoms with E-state index >= 15 is 0 Å². The molecule has 528 valence electrons. The monoisotopic (exact) mass is 1350 g/mol. The molecule has 0 aromatic heterocycles. The van der Waals surface area contributed by atoms with Gasteiger partial charge in [0, 0.05) is 95.0 Å². The van der Waals surface area contributed by atoms with Crippen molar-refractivity contribution in [3.8, 4) is 46.0 Å². The van der Waals surface area contributed by atoms with E-state index in [-0.39, 0.29) is 0 Å². The lowest BCUT2D eigenvalue weighted by Gasteiger charge is -2.24. The van der Waals surface area contributed by atoms with Crippen LogP contribution in [0.3, 0.4) is 0 Å². The van der Waals surface area contributed by atoms with E-state index in [1.54, 1.807) is 0 Å². The van der Waals surface area contributed by atoms with Gasteiger partial charge >= 0.3 is 0 Å². The molecule has 9 rings (SSSR count).